The van der Waals surface area contributed by atoms with Gasteiger partial charge in [-0.1, -0.05) is 42.5 Å². The molecule has 158 valence electrons. The van der Waals surface area contributed by atoms with Gasteiger partial charge in [0.2, 0.25) is 5.91 Å². The van der Waals surface area contributed by atoms with Crippen LogP contribution in [0.1, 0.15) is 15.9 Å². The van der Waals surface area contributed by atoms with Gasteiger partial charge in [0.1, 0.15) is 11.5 Å². The number of carbonyl (C=O) groups excluding carboxylic acids is 2. The van der Waals surface area contributed by atoms with Gasteiger partial charge in [-0.05, 0) is 42.0 Å². The van der Waals surface area contributed by atoms with Crippen LogP contribution in [0.25, 0.3) is 0 Å². The lowest BCUT2D eigenvalue weighted by atomic mass is 10.1. The number of thioether (sulfide) groups is 1. The van der Waals surface area contributed by atoms with E-state index < -0.39 is 0 Å². The predicted octanol–water partition coefficient (Wildman–Crippen LogP) is 4.85. The third-order valence-electron chi connectivity index (χ3n) is 5.03. The lowest BCUT2D eigenvalue weighted by Gasteiger charge is -2.26. The molecule has 31 heavy (non-hydrogen) atoms. The van der Waals surface area contributed by atoms with Gasteiger partial charge in [-0.2, -0.15) is 11.8 Å². The molecule has 0 aromatic heterocycles. The monoisotopic (exact) mass is 432 g/mol. The van der Waals surface area contributed by atoms with E-state index in [9.17, 15) is 9.59 Å². The molecule has 1 aliphatic heterocycles. The lowest BCUT2D eigenvalue weighted by Crippen LogP contribution is -2.38. The fraction of sp³-hybridized carbons (Fsp3) is 0.200. The smallest absolute Gasteiger partial charge is 0.259 e. The van der Waals surface area contributed by atoms with Gasteiger partial charge in [-0.3, -0.25) is 9.59 Å². The van der Waals surface area contributed by atoms with Crippen molar-refractivity contribution in [2.24, 2.45) is 0 Å². The summed E-state index contributed by atoms with van der Waals surface area (Å²) in [5.74, 6) is 3.08. The minimum Gasteiger partial charge on any atom is -0.457 e. The van der Waals surface area contributed by atoms with E-state index in [0.717, 1.165) is 30.2 Å². The Hall–Kier alpha value is -3.25. The van der Waals surface area contributed by atoms with Crippen LogP contribution >= 0.6 is 11.8 Å². The van der Waals surface area contributed by atoms with Crippen LogP contribution in [0.4, 0.5) is 5.69 Å². The number of nitrogens with zero attached hydrogens (tertiary/aromatic N) is 1. The van der Waals surface area contributed by atoms with Crippen LogP contribution in [-0.4, -0.2) is 41.3 Å². The number of rotatable bonds is 6. The number of carbonyl (C=O) groups is 2. The summed E-state index contributed by atoms with van der Waals surface area (Å²) in [7, 11) is 0. The first-order chi connectivity index (χ1) is 15.2. The second-order valence-corrected chi connectivity index (χ2v) is 8.46. The molecular weight excluding hydrogens is 408 g/mol. The molecule has 1 saturated heterocycles. The van der Waals surface area contributed by atoms with Crippen molar-refractivity contribution in [2.75, 3.05) is 29.9 Å². The van der Waals surface area contributed by atoms with Gasteiger partial charge in [0.15, 0.2) is 0 Å². The van der Waals surface area contributed by atoms with Gasteiger partial charge in [0.25, 0.3) is 5.91 Å². The molecule has 0 atom stereocenters. The molecule has 1 fully saturated rings. The van der Waals surface area contributed by atoms with Crippen molar-refractivity contribution < 1.29 is 14.3 Å². The summed E-state index contributed by atoms with van der Waals surface area (Å²) >= 11 is 1.89. The van der Waals surface area contributed by atoms with Crippen LogP contribution in [-0.2, 0) is 11.2 Å². The van der Waals surface area contributed by atoms with Crippen LogP contribution < -0.4 is 10.1 Å². The van der Waals surface area contributed by atoms with Crippen LogP contribution in [0.3, 0.4) is 0 Å². The summed E-state index contributed by atoms with van der Waals surface area (Å²) in [5.41, 5.74) is 2.06. The van der Waals surface area contributed by atoms with Gasteiger partial charge >= 0.3 is 0 Å². The van der Waals surface area contributed by atoms with Crippen LogP contribution in [0.15, 0.2) is 78.9 Å². The molecule has 0 bridgehead atoms. The highest BCUT2D eigenvalue weighted by molar-refractivity contribution is 7.99. The Balaban J connectivity index is 1.39. The van der Waals surface area contributed by atoms with E-state index in [-0.39, 0.29) is 11.8 Å². The van der Waals surface area contributed by atoms with E-state index >= 15 is 0 Å². The topological polar surface area (TPSA) is 58.6 Å². The number of ether oxygens (including phenoxy) is 1. The van der Waals surface area contributed by atoms with E-state index in [1.165, 1.54) is 0 Å². The number of anilines is 1. The van der Waals surface area contributed by atoms with Crippen molar-refractivity contribution in [2.45, 2.75) is 6.42 Å². The zero-order valence-corrected chi connectivity index (χ0v) is 17.9. The fourth-order valence-electron chi connectivity index (χ4n) is 3.36. The highest BCUT2D eigenvalue weighted by Gasteiger charge is 2.17. The molecule has 2 amide bonds. The number of nitrogens with one attached hydrogen (secondary N) is 1. The van der Waals surface area contributed by atoms with Crippen molar-refractivity contribution in [3.05, 3.63) is 90.0 Å². The predicted molar refractivity (Wildman–Crippen MR) is 125 cm³/mol. The average molecular weight is 433 g/mol. The highest BCUT2D eigenvalue weighted by atomic mass is 32.2. The minimum atomic E-state index is -0.249. The molecule has 0 unspecified atom stereocenters. The first-order valence-corrected chi connectivity index (χ1v) is 11.4. The Kier molecular flexibility index (Phi) is 6.89. The summed E-state index contributed by atoms with van der Waals surface area (Å²) in [5, 5.41) is 2.91. The van der Waals surface area contributed by atoms with Crippen molar-refractivity contribution in [1.29, 1.82) is 0 Å². The Bertz CT molecular complexity index is 1030. The molecule has 1 heterocycles. The summed E-state index contributed by atoms with van der Waals surface area (Å²) in [6.07, 6.45) is 0.382. The SMILES string of the molecule is O=C(Nc1ccc(CC(=O)N2CCSCC2)cc1)c1ccccc1Oc1ccccc1. The highest BCUT2D eigenvalue weighted by Crippen LogP contribution is 2.26. The van der Waals surface area contributed by atoms with Crippen molar-refractivity contribution >= 4 is 29.3 Å². The number of hydrogen-bond acceptors (Lipinski definition) is 4. The molecule has 3 aromatic rings. The van der Waals surface area contributed by atoms with Crippen molar-refractivity contribution in [1.82, 2.24) is 4.90 Å². The van der Waals surface area contributed by atoms with E-state index in [4.69, 9.17) is 4.74 Å². The van der Waals surface area contributed by atoms with E-state index in [1.807, 2.05) is 77.3 Å². The van der Waals surface area contributed by atoms with Gasteiger partial charge in [-0.15, -0.1) is 0 Å². The molecule has 0 radical (unpaired) electrons. The Morgan fingerprint density at radius 1 is 0.871 bits per heavy atom. The van der Waals surface area contributed by atoms with Gasteiger partial charge < -0.3 is 15.0 Å². The van der Waals surface area contributed by atoms with Gasteiger partial charge in [0, 0.05) is 30.3 Å². The van der Waals surface area contributed by atoms with E-state index in [1.54, 1.807) is 18.2 Å². The number of hydrogen-bond donors (Lipinski definition) is 1. The van der Waals surface area contributed by atoms with Crippen molar-refractivity contribution in [3.8, 4) is 11.5 Å². The maximum Gasteiger partial charge on any atom is 0.259 e. The molecule has 1 N–H and O–H groups in total. The second-order valence-electron chi connectivity index (χ2n) is 7.23. The number of para-hydroxylation sites is 2. The number of benzene rings is 3. The third kappa shape index (κ3) is 5.67. The maximum absolute atomic E-state index is 12.8. The van der Waals surface area contributed by atoms with Crippen LogP contribution in [0, 0.1) is 0 Å². The molecule has 3 aromatic carbocycles. The third-order valence-corrected chi connectivity index (χ3v) is 5.98. The first kappa shape index (κ1) is 21.0. The largest absolute Gasteiger partial charge is 0.457 e. The Labute approximate surface area is 186 Å². The molecule has 4 rings (SSSR count). The quantitative estimate of drug-likeness (QED) is 0.605. The zero-order valence-electron chi connectivity index (χ0n) is 17.1. The summed E-state index contributed by atoms with van der Waals surface area (Å²) < 4.78 is 5.88. The van der Waals surface area contributed by atoms with Gasteiger partial charge in [-0.25, -0.2) is 0 Å². The van der Waals surface area contributed by atoms with E-state index in [0.29, 0.717) is 29.2 Å². The average Bonchev–Trinajstić information content (AvgIpc) is 2.82. The lowest BCUT2D eigenvalue weighted by molar-refractivity contribution is -0.130. The molecule has 0 saturated carbocycles. The standard InChI is InChI=1S/C25H24N2O3S/c28-24(27-14-16-31-17-15-27)18-19-10-12-20(13-11-19)26-25(29)22-8-4-5-9-23(22)30-21-6-2-1-3-7-21/h1-13H,14-18H2,(H,26,29). The van der Waals surface area contributed by atoms with Crippen molar-refractivity contribution in [3.63, 3.8) is 0 Å². The fourth-order valence-corrected chi connectivity index (χ4v) is 4.27. The molecule has 5 nitrogen and oxygen atoms in total. The molecule has 0 aliphatic carbocycles. The van der Waals surface area contributed by atoms with E-state index in [2.05, 4.69) is 5.32 Å². The normalized spacial score (nSPS) is 13.5. The molecular formula is C25H24N2O3S. The van der Waals surface area contributed by atoms with Crippen LogP contribution in [0.2, 0.25) is 0 Å². The van der Waals surface area contributed by atoms with Gasteiger partial charge in [0.05, 0.1) is 12.0 Å². The van der Waals surface area contributed by atoms with Crippen LogP contribution in [0.5, 0.6) is 11.5 Å². The Morgan fingerprint density at radius 3 is 2.29 bits per heavy atom. The molecule has 6 heteroatoms. The molecule has 1 aliphatic rings. The minimum absolute atomic E-state index is 0.157. The number of amides is 2. The summed E-state index contributed by atoms with van der Waals surface area (Å²) in [4.78, 5) is 27.2. The Morgan fingerprint density at radius 2 is 1.55 bits per heavy atom. The zero-order chi connectivity index (χ0) is 21.5. The summed E-state index contributed by atoms with van der Waals surface area (Å²) in [6, 6.07) is 23.9. The maximum atomic E-state index is 12.8. The first-order valence-electron chi connectivity index (χ1n) is 10.3. The second kappa shape index (κ2) is 10.2. The molecule has 0 spiro atoms. The summed E-state index contributed by atoms with van der Waals surface area (Å²) in [6.45, 7) is 1.64.